The number of anilines is 1. The number of nitrogens with two attached hydrogens (primary N) is 1. The van der Waals surface area contributed by atoms with E-state index < -0.39 is 7.12 Å². The number of rotatable bonds is 3. The molecule has 1 aromatic heterocycles. The zero-order chi connectivity index (χ0) is 16.0. The van der Waals surface area contributed by atoms with E-state index in [1.165, 1.54) is 5.56 Å². The first-order valence-corrected chi connectivity index (χ1v) is 7.81. The Morgan fingerprint density at radius 2 is 2.05 bits per heavy atom. The molecule has 3 N–H and O–H groups in total. The minimum atomic E-state index is -0.402. The van der Waals surface area contributed by atoms with Crippen LogP contribution in [0.5, 0.6) is 0 Å². The Morgan fingerprint density at radius 3 is 2.68 bits per heavy atom. The van der Waals surface area contributed by atoms with Crippen LogP contribution in [-0.4, -0.2) is 36.4 Å². The Kier molecular flexibility index (Phi) is 3.79. The van der Waals surface area contributed by atoms with Crippen LogP contribution in [-0.2, 0) is 15.7 Å². The van der Waals surface area contributed by atoms with Crippen molar-refractivity contribution in [1.82, 2.24) is 4.98 Å². The third kappa shape index (κ3) is 2.66. The van der Waals surface area contributed by atoms with Crippen LogP contribution in [0.4, 0.5) is 5.82 Å². The van der Waals surface area contributed by atoms with Gasteiger partial charge >= 0.3 is 7.12 Å². The lowest BCUT2D eigenvalue weighted by atomic mass is 9.77. The molecule has 0 unspecified atom stereocenters. The van der Waals surface area contributed by atoms with Crippen molar-refractivity contribution in [2.75, 3.05) is 18.4 Å². The highest BCUT2D eigenvalue weighted by molar-refractivity contribution is 6.55. The summed E-state index contributed by atoms with van der Waals surface area (Å²) < 4.78 is 12.2. The van der Waals surface area contributed by atoms with E-state index in [0.29, 0.717) is 6.54 Å². The van der Waals surface area contributed by atoms with Crippen LogP contribution in [0, 0.1) is 0 Å². The highest BCUT2D eigenvalue weighted by atomic mass is 16.7. The third-order valence-corrected chi connectivity index (χ3v) is 4.82. The summed E-state index contributed by atoms with van der Waals surface area (Å²) in [7, 11) is -0.402. The van der Waals surface area contributed by atoms with Crippen molar-refractivity contribution in [2.24, 2.45) is 5.73 Å². The van der Waals surface area contributed by atoms with Crippen LogP contribution in [0.2, 0.25) is 0 Å². The Bertz CT molecular complexity index is 597. The van der Waals surface area contributed by atoms with Crippen molar-refractivity contribution < 1.29 is 9.31 Å². The smallest absolute Gasteiger partial charge is 0.400 e. The lowest BCUT2D eigenvalue weighted by Gasteiger charge is -2.32. The van der Waals surface area contributed by atoms with Gasteiger partial charge in [-0.2, -0.15) is 0 Å². The van der Waals surface area contributed by atoms with Crippen molar-refractivity contribution in [2.45, 2.75) is 45.3 Å². The SMILES string of the molecule is CC1(C)OB(C(=Cc2cnc3c(c2)CCN3)CN)OC1(C)C. The van der Waals surface area contributed by atoms with Crippen molar-refractivity contribution >= 4 is 19.0 Å². The van der Waals surface area contributed by atoms with E-state index in [2.05, 4.69) is 16.4 Å². The quantitative estimate of drug-likeness (QED) is 0.836. The van der Waals surface area contributed by atoms with Gasteiger partial charge in [0.2, 0.25) is 0 Å². The molecule has 2 aliphatic rings. The largest absolute Gasteiger partial charge is 0.491 e. The predicted octanol–water partition coefficient (Wildman–Crippen LogP) is 2.02. The van der Waals surface area contributed by atoms with Gasteiger partial charge in [-0.25, -0.2) is 4.98 Å². The molecule has 0 amide bonds. The molecule has 1 fully saturated rings. The normalized spacial score (nSPS) is 22.6. The van der Waals surface area contributed by atoms with E-state index >= 15 is 0 Å². The Labute approximate surface area is 132 Å². The molecule has 6 heteroatoms. The molecule has 3 rings (SSSR count). The average Bonchev–Trinajstić information content (AvgIpc) is 2.98. The van der Waals surface area contributed by atoms with Gasteiger partial charge in [0, 0.05) is 19.3 Å². The molecule has 2 aliphatic heterocycles. The Hall–Kier alpha value is -1.37. The summed E-state index contributed by atoms with van der Waals surface area (Å²) in [5.74, 6) is 0.988. The first-order chi connectivity index (χ1) is 10.3. The highest BCUT2D eigenvalue weighted by Gasteiger charge is 2.52. The summed E-state index contributed by atoms with van der Waals surface area (Å²) in [5, 5.41) is 3.27. The van der Waals surface area contributed by atoms with Crippen LogP contribution < -0.4 is 11.1 Å². The zero-order valence-corrected chi connectivity index (χ0v) is 13.8. The maximum Gasteiger partial charge on any atom is 0.491 e. The molecule has 0 spiro atoms. The first kappa shape index (κ1) is 15.5. The number of hydrogen-bond acceptors (Lipinski definition) is 5. The lowest BCUT2D eigenvalue weighted by Crippen LogP contribution is -2.41. The predicted molar refractivity (Wildman–Crippen MR) is 89.5 cm³/mol. The number of pyridine rings is 1. The van der Waals surface area contributed by atoms with E-state index in [1.54, 1.807) is 0 Å². The summed E-state index contributed by atoms with van der Waals surface area (Å²) in [4.78, 5) is 4.45. The molecule has 22 heavy (non-hydrogen) atoms. The maximum absolute atomic E-state index is 6.08. The first-order valence-electron chi connectivity index (χ1n) is 7.81. The van der Waals surface area contributed by atoms with Gasteiger partial charge in [-0.3, -0.25) is 0 Å². The summed E-state index contributed by atoms with van der Waals surface area (Å²) in [6, 6.07) is 2.16. The summed E-state index contributed by atoms with van der Waals surface area (Å²) in [5.41, 5.74) is 8.44. The molecule has 0 atom stereocenters. The number of nitrogens with one attached hydrogen (secondary N) is 1. The van der Waals surface area contributed by atoms with E-state index in [9.17, 15) is 0 Å². The van der Waals surface area contributed by atoms with Gasteiger partial charge in [0.05, 0.1) is 11.2 Å². The van der Waals surface area contributed by atoms with Crippen LogP contribution in [0.1, 0.15) is 38.8 Å². The average molecular weight is 301 g/mol. The Balaban J connectivity index is 1.86. The van der Waals surface area contributed by atoms with Gasteiger partial charge in [0.25, 0.3) is 0 Å². The summed E-state index contributed by atoms with van der Waals surface area (Å²) in [6.45, 7) is 9.53. The molecule has 0 radical (unpaired) electrons. The van der Waals surface area contributed by atoms with Crippen LogP contribution >= 0.6 is 0 Å². The number of fused-ring (bicyclic) bond motifs is 1. The van der Waals surface area contributed by atoms with Crippen LogP contribution in [0.15, 0.2) is 17.7 Å². The van der Waals surface area contributed by atoms with E-state index in [0.717, 1.165) is 29.8 Å². The maximum atomic E-state index is 6.08. The lowest BCUT2D eigenvalue weighted by molar-refractivity contribution is 0.00578. The van der Waals surface area contributed by atoms with Crippen molar-refractivity contribution in [1.29, 1.82) is 0 Å². The monoisotopic (exact) mass is 301 g/mol. The van der Waals surface area contributed by atoms with Crippen LogP contribution in [0.3, 0.4) is 0 Å². The molecule has 0 bridgehead atoms. The van der Waals surface area contributed by atoms with Crippen molar-refractivity contribution in [3.63, 3.8) is 0 Å². The fraction of sp³-hybridized carbons (Fsp3) is 0.562. The minimum absolute atomic E-state index is 0.355. The Morgan fingerprint density at radius 1 is 1.36 bits per heavy atom. The second-order valence-electron chi connectivity index (χ2n) is 6.96. The minimum Gasteiger partial charge on any atom is -0.400 e. The summed E-state index contributed by atoms with van der Waals surface area (Å²) >= 11 is 0. The van der Waals surface area contributed by atoms with Crippen molar-refractivity contribution in [3.8, 4) is 0 Å². The molecule has 1 aromatic rings. The molecule has 0 aromatic carbocycles. The molecule has 0 aliphatic carbocycles. The molecule has 3 heterocycles. The van der Waals surface area contributed by atoms with E-state index in [1.807, 2.05) is 40.0 Å². The van der Waals surface area contributed by atoms with Gasteiger partial charge < -0.3 is 20.4 Å². The van der Waals surface area contributed by atoms with Crippen LogP contribution in [0.25, 0.3) is 6.08 Å². The zero-order valence-electron chi connectivity index (χ0n) is 13.8. The molecular weight excluding hydrogens is 277 g/mol. The third-order valence-electron chi connectivity index (χ3n) is 4.82. The highest BCUT2D eigenvalue weighted by Crippen LogP contribution is 2.38. The van der Waals surface area contributed by atoms with E-state index in [-0.39, 0.29) is 11.2 Å². The molecule has 118 valence electrons. The fourth-order valence-electron chi connectivity index (χ4n) is 2.70. The van der Waals surface area contributed by atoms with Gasteiger partial charge in [0.15, 0.2) is 0 Å². The van der Waals surface area contributed by atoms with Gasteiger partial charge in [0.1, 0.15) is 5.82 Å². The second-order valence-corrected chi connectivity index (χ2v) is 6.96. The second kappa shape index (κ2) is 5.37. The fourth-order valence-corrected chi connectivity index (χ4v) is 2.70. The van der Waals surface area contributed by atoms with Gasteiger partial charge in [-0.15, -0.1) is 0 Å². The summed E-state index contributed by atoms with van der Waals surface area (Å²) in [6.07, 6.45) is 4.91. The van der Waals surface area contributed by atoms with Crippen molar-refractivity contribution in [3.05, 3.63) is 28.9 Å². The topological polar surface area (TPSA) is 69.4 Å². The number of aromatic nitrogens is 1. The molecule has 1 saturated heterocycles. The standard InChI is InChI=1S/C16H24BN3O2/c1-15(2)16(3,4)22-17(21-15)13(9-18)8-11-7-12-5-6-19-14(12)20-10-11/h7-8,10H,5-6,9,18H2,1-4H3,(H,19,20). The molecule has 5 nitrogen and oxygen atoms in total. The number of nitrogens with zero attached hydrogens (tertiary/aromatic N) is 1. The van der Waals surface area contributed by atoms with E-state index in [4.69, 9.17) is 15.0 Å². The van der Waals surface area contributed by atoms with Gasteiger partial charge in [-0.05, 0) is 56.8 Å². The van der Waals surface area contributed by atoms with Gasteiger partial charge in [-0.1, -0.05) is 6.08 Å². The molecule has 0 saturated carbocycles. The molecular formula is C16H24BN3O2. The number of hydrogen-bond donors (Lipinski definition) is 2.